The van der Waals surface area contributed by atoms with Crippen LogP contribution in [0.25, 0.3) is 0 Å². The minimum Gasteiger partial charge on any atom is -0.361 e. The molecule has 1 aromatic heterocycles. The Labute approximate surface area is 112 Å². The molecule has 2 aromatic rings. The minimum atomic E-state index is -0.185. The van der Waals surface area contributed by atoms with Crippen molar-refractivity contribution >= 4 is 11.6 Å². The van der Waals surface area contributed by atoms with Crippen molar-refractivity contribution in [1.82, 2.24) is 5.16 Å². The van der Waals surface area contributed by atoms with Gasteiger partial charge in [-0.25, -0.2) is 0 Å². The van der Waals surface area contributed by atoms with Crippen molar-refractivity contribution in [3.05, 3.63) is 46.8 Å². The Morgan fingerprint density at radius 1 is 1.32 bits per heavy atom. The van der Waals surface area contributed by atoms with E-state index in [2.05, 4.69) is 24.3 Å². The molecule has 0 atom stereocenters. The van der Waals surface area contributed by atoms with Crippen LogP contribution in [0.15, 0.2) is 28.9 Å². The highest BCUT2D eigenvalue weighted by molar-refractivity contribution is 6.05. The smallest absolute Gasteiger partial charge is 0.260 e. The highest BCUT2D eigenvalue weighted by Gasteiger charge is 2.16. The number of carbonyl (C=O) groups is 1. The first-order chi connectivity index (χ1) is 9.00. The maximum Gasteiger partial charge on any atom is 0.260 e. The lowest BCUT2D eigenvalue weighted by Crippen LogP contribution is -2.15. The Morgan fingerprint density at radius 2 is 2.05 bits per heavy atom. The van der Waals surface area contributed by atoms with E-state index in [0.29, 0.717) is 17.2 Å². The summed E-state index contributed by atoms with van der Waals surface area (Å²) in [5, 5.41) is 6.59. The van der Waals surface area contributed by atoms with Gasteiger partial charge in [-0.3, -0.25) is 4.79 Å². The first-order valence-corrected chi connectivity index (χ1v) is 6.33. The summed E-state index contributed by atoms with van der Waals surface area (Å²) in [6.07, 6.45) is 1.44. The maximum atomic E-state index is 12.2. The van der Waals surface area contributed by atoms with E-state index in [-0.39, 0.29) is 5.91 Å². The fraction of sp³-hybridized carbons (Fsp3) is 0.333. The molecule has 0 radical (unpaired) electrons. The molecule has 0 saturated heterocycles. The maximum absolute atomic E-state index is 12.2. The van der Waals surface area contributed by atoms with Crippen LogP contribution in [-0.2, 0) is 0 Å². The van der Waals surface area contributed by atoms with Crippen LogP contribution < -0.4 is 5.32 Å². The van der Waals surface area contributed by atoms with Crippen molar-refractivity contribution in [3.8, 4) is 0 Å². The van der Waals surface area contributed by atoms with Crippen molar-refractivity contribution in [3.63, 3.8) is 0 Å². The number of para-hydroxylation sites is 1. The van der Waals surface area contributed by atoms with Crippen molar-refractivity contribution < 1.29 is 9.32 Å². The van der Waals surface area contributed by atoms with E-state index in [4.69, 9.17) is 4.52 Å². The Balaban J connectivity index is 2.34. The standard InChI is InChI=1S/C15H18N2O2/c1-9(2)12-7-5-6-10(3)14(12)17-15(18)13-8-16-19-11(13)4/h5-9H,1-4H3,(H,17,18). The zero-order valence-electron chi connectivity index (χ0n) is 11.7. The highest BCUT2D eigenvalue weighted by atomic mass is 16.5. The molecular weight excluding hydrogens is 240 g/mol. The van der Waals surface area contributed by atoms with E-state index in [1.165, 1.54) is 6.20 Å². The van der Waals surface area contributed by atoms with Gasteiger partial charge >= 0.3 is 0 Å². The number of anilines is 1. The molecule has 1 N–H and O–H groups in total. The second kappa shape index (κ2) is 5.26. The van der Waals surface area contributed by atoms with E-state index in [0.717, 1.165) is 16.8 Å². The van der Waals surface area contributed by atoms with Crippen LogP contribution >= 0.6 is 0 Å². The quantitative estimate of drug-likeness (QED) is 0.913. The van der Waals surface area contributed by atoms with Crippen LogP contribution in [0.2, 0.25) is 0 Å². The lowest BCUT2D eigenvalue weighted by Gasteiger charge is -2.16. The van der Waals surface area contributed by atoms with E-state index >= 15 is 0 Å². The second-order valence-corrected chi connectivity index (χ2v) is 4.94. The molecule has 1 aromatic carbocycles. The summed E-state index contributed by atoms with van der Waals surface area (Å²) >= 11 is 0. The Morgan fingerprint density at radius 3 is 2.63 bits per heavy atom. The van der Waals surface area contributed by atoms with Crippen molar-refractivity contribution in [2.75, 3.05) is 5.32 Å². The molecule has 100 valence electrons. The predicted molar refractivity (Wildman–Crippen MR) is 74.5 cm³/mol. The van der Waals surface area contributed by atoms with Gasteiger partial charge in [0.05, 0.1) is 6.20 Å². The molecule has 1 heterocycles. The third-order valence-corrected chi connectivity index (χ3v) is 3.16. The largest absolute Gasteiger partial charge is 0.361 e. The molecule has 0 aliphatic carbocycles. The molecule has 0 bridgehead atoms. The predicted octanol–water partition coefficient (Wildman–Crippen LogP) is 3.67. The highest BCUT2D eigenvalue weighted by Crippen LogP contribution is 2.28. The van der Waals surface area contributed by atoms with E-state index in [1.807, 2.05) is 25.1 Å². The summed E-state index contributed by atoms with van der Waals surface area (Å²) in [6.45, 7) is 7.93. The molecule has 0 aliphatic heterocycles. The normalized spacial score (nSPS) is 10.8. The van der Waals surface area contributed by atoms with E-state index in [1.54, 1.807) is 6.92 Å². The van der Waals surface area contributed by atoms with Crippen LogP contribution in [0.4, 0.5) is 5.69 Å². The van der Waals surface area contributed by atoms with Crippen LogP contribution in [-0.4, -0.2) is 11.1 Å². The number of aromatic nitrogens is 1. The third kappa shape index (κ3) is 2.67. The molecule has 0 fully saturated rings. The van der Waals surface area contributed by atoms with Crippen molar-refractivity contribution in [1.29, 1.82) is 0 Å². The lowest BCUT2D eigenvalue weighted by atomic mass is 9.98. The molecule has 19 heavy (non-hydrogen) atoms. The SMILES string of the molecule is Cc1cccc(C(C)C)c1NC(=O)c1cnoc1C. The fourth-order valence-electron chi connectivity index (χ4n) is 2.04. The van der Waals surface area contributed by atoms with Crippen LogP contribution in [0.3, 0.4) is 0 Å². The van der Waals surface area contributed by atoms with Gasteiger partial charge < -0.3 is 9.84 Å². The third-order valence-electron chi connectivity index (χ3n) is 3.16. The van der Waals surface area contributed by atoms with E-state index < -0.39 is 0 Å². The number of nitrogens with one attached hydrogen (secondary N) is 1. The minimum absolute atomic E-state index is 0.185. The number of nitrogens with zero attached hydrogens (tertiary/aromatic N) is 1. The Hall–Kier alpha value is -2.10. The van der Waals surface area contributed by atoms with Crippen LogP contribution in [0, 0.1) is 13.8 Å². The number of carbonyl (C=O) groups excluding carboxylic acids is 1. The Bertz CT molecular complexity index is 600. The number of rotatable bonds is 3. The molecule has 0 unspecified atom stereocenters. The average Bonchev–Trinajstić information content (AvgIpc) is 2.77. The van der Waals surface area contributed by atoms with Crippen LogP contribution in [0.5, 0.6) is 0 Å². The summed E-state index contributed by atoms with van der Waals surface area (Å²) in [6, 6.07) is 6.03. The zero-order valence-corrected chi connectivity index (χ0v) is 11.7. The van der Waals surface area contributed by atoms with Gasteiger partial charge in [-0.15, -0.1) is 0 Å². The van der Waals surface area contributed by atoms with Gasteiger partial charge in [0.25, 0.3) is 5.91 Å². The molecule has 4 nitrogen and oxygen atoms in total. The zero-order chi connectivity index (χ0) is 14.0. The van der Waals surface area contributed by atoms with Gasteiger partial charge in [0.1, 0.15) is 11.3 Å². The molecule has 1 amide bonds. The summed E-state index contributed by atoms with van der Waals surface area (Å²) in [5.41, 5.74) is 3.53. The van der Waals surface area contributed by atoms with Gasteiger partial charge in [-0.1, -0.05) is 37.2 Å². The molecular formula is C15H18N2O2. The topological polar surface area (TPSA) is 55.1 Å². The second-order valence-electron chi connectivity index (χ2n) is 4.94. The monoisotopic (exact) mass is 258 g/mol. The first kappa shape index (κ1) is 13.3. The summed E-state index contributed by atoms with van der Waals surface area (Å²) in [4.78, 5) is 12.2. The fourth-order valence-corrected chi connectivity index (χ4v) is 2.04. The van der Waals surface area contributed by atoms with Crippen molar-refractivity contribution in [2.45, 2.75) is 33.6 Å². The van der Waals surface area contributed by atoms with Gasteiger partial charge in [-0.2, -0.15) is 0 Å². The molecule has 4 heteroatoms. The molecule has 0 spiro atoms. The van der Waals surface area contributed by atoms with Crippen molar-refractivity contribution in [2.24, 2.45) is 0 Å². The van der Waals surface area contributed by atoms with Gasteiger partial charge in [0.15, 0.2) is 0 Å². The Kier molecular flexibility index (Phi) is 3.69. The summed E-state index contributed by atoms with van der Waals surface area (Å²) < 4.78 is 4.92. The molecule has 0 aliphatic rings. The van der Waals surface area contributed by atoms with Crippen LogP contribution in [0.1, 0.15) is 47.0 Å². The number of aryl methyl sites for hydroxylation is 2. The van der Waals surface area contributed by atoms with Gasteiger partial charge in [-0.05, 0) is 30.9 Å². The molecule has 0 saturated carbocycles. The van der Waals surface area contributed by atoms with Gasteiger partial charge in [0.2, 0.25) is 0 Å². The summed E-state index contributed by atoms with van der Waals surface area (Å²) in [7, 11) is 0. The first-order valence-electron chi connectivity index (χ1n) is 6.33. The number of amides is 1. The van der Waals surface area contributed by atoms with E-state index in [9.17, 15) is 4.79 Å². The average molecular weight is 258 g/mol. The lowest BCUT2D eigenvalue weighted by molar-refractivity contribution is 0.102. The number of hydrogen-bond donors (Lipinski definition) is 1. The molecule has 2 rings (SSSR count). The number of hydrogen-bond acceptors (Lipinski definition) is 3. The number of benzene rings is 1. The van der Waals surface area contributed by atoms with Gasteiger partial charge in [0, 0.05) is 5.69 Å². The summed E-state index contributed by atoms with van der Waals surface area (Å²) in [5.74, 6) is 0.686.